The summed E-state index contributed by atoms with van der Waals surface area (Å²) in [4.78, 5) is 27.0. The average molecular weight is 489 g/mol. The molecule has 0 spiro atoms. The highest BCUT2D eigenvalue weighted by atomic mass is 32.1. The lowest BCUT2D eigenvalue weighted by Crippen LogP contribution is -2.59. The van der Waals surface area contributed by atoms with E-state index in [2.05, 4.69) is 15.0 Å². The summed E-state index contributed by atoms with van der Waals surface area (Å²) in [7, 11) is 0. The molecule has 2 unspecified atom stereocenters. The summed E-state index contributed by atoms with van der Waals surface area (Å²) in [6.45, 7) is 3.84. The SMILES string of the molecule is CC1(OC(=O)N2CC3COCC(C2)C3Oc2ncnc3c(-c4ncc(F)cc4F)csc23)CC1. The molecule has 3 aromatic heterocycles. The van der Waals surface area contributed by atoms with Crippen molar-refractivity contribution >= 4 is 27.6 Å². The van der Waals surface area contributed by atoms with Crippen LogP contribution in [0.4, 0.5) is 13.6 Å². The summed E-state index contributed by atoms with van der Waals surface area (Å²) in [5.74, 6) is -1.17. The smallest absolute Gasteiger partial charge is 0.410 e. The van der Waals surface area contributed by atoms with Gasteiger partial charge in [0, 0.05) is 41.9 Å². The molecule has 178 valence electrons. The number of aromatic nitrogens is 3. The number of pyridine rings is 1. The van der Waals surface area contributed by atoms with E-state index in [1.54, 1.807) is 10.3 Å². The molecule has 2 atom stereocenters. The Labute approximate surface area is 197 Å². The minimum absolute atomic E-state index is 0.0266. The summed E-state index contributed by atoms with van der Waals surface area (Å²) in [6.07, 6.45) is 3.67. The lowest BCUT2D eigenvalue weighted by atomic mass is 9.84. The van der Waals surface area contributed by atoms with E-state index >= 15 is 0 Å². The van der Waals surface area contributed by atoms with Gasteiger partial charge in [0.1, 0.15) is 34.2 Å². The lowest BCUT2D eigenvalue weighted by Gasteiger charge is -2.46. The van der Waals surface area contributed by atoms with E-state index in [0.717, 1.165) is 25.1 Å². The molecule has 11 heteroatoms. The van der Waals surface area contributed by atoms with Gasteiger partial charge in [0.2, 0.25) is 5.88 Å². The first-order chi connectivity index (χ1) is 16.4. The zero-order valence-corrected chi connectivity index (χ0v) is 19.2. The van der Waals surface area contributed by atoms with Gasteiger partial charge in [0.05, 0.1) is 24.9 Å². The Balaban J connectivity index is 1.25. The second kappa shape index (κ2) is 8.09. The lowest BCUT2D eigenvalue weighted by molar-refractivity contribution is -0.111. The quantitative estimate of drug-likeness (QED) is 0.548. The van der Waals surface area contributed by atoms with Crippen LogP contribution in [0, 0.1) is 23.5 Å². The van der Waals surface area contributed by atoms with Crippen molar-refractivity contribution in [1.82, 2.24) is 19.9 Å². The predicted molar refractivity (Wildman–Crippen MR) is 118 cm³/mol. The molecule has 1 aliphatic carbocycles. The van der Waals surface area contributed by atoms with Gasteiger partial charge in [-0.15, -0.1) is 11.3 Å². The van der Waals surface area contributed by atoms with Crippen LogP contribution in [0.2, 0.25) is 0 Å². The molecule has 5 heterocycles. The number of rotatable bonds is 4. The fourth-order valence-corrected chi connectivity index (χ4v) is 5.55. The zero-order chi connectivity index (χ0) is 23.4. The van der Waals surface area contributed by atoms with Crippen LogP contribution >= 0.6 is 11.3 Å². The molecule has 2 bridgehead atoms. The Morgan fingerprint density at radius 3 is 2.68 bits per heavy atom. The van der Waals surface area contributed by atoms with Gasteiger partial charge < -0.3 is 19.1 Å². The molecule has 3 fully saturated rings. The maximum absolute atomic E-state index is 14.4. The minimum Gasteiger partial charge on any atom is -0.472 e. The van der Waals surface area contributed by atoms with Gasteiger partial charge in [-0.05, 0) is 19.8 Å². The number of halogens is 2. The molecule has 2 aliphatic heterocycles. The molecule has 34 heavy (non-hydrogen) atoms. The van der Waals surface area contributed by atoms with Crippen molar-refractivity contribution in [2.24, 2.45) is 11.8 Å². The number of nitrogens with zero attached hydrogens (tertiary/aromatic N) is 4. The van der Waals surface area contributed by atoms with Crippen LogP contribution in [0.1, 0.15) is 19.8 Å². The van der Waals surface area contributed by atoms with Crippen LogP contribution in [0.25, 0.3) is 21.5 Å². The topological polar surface area (TPSA) is 86.7 Å². The number of fused-ring (bicyclic) bond motifs is 3. The maximum atomic E-state index is 14.4. The molecule has 0 aromatic carbocycles. The molecule has 1 saturated carbocycles. The number of carbonyl (C=O) groups excluding carboxylic acids is 1. The van der Waals surface area contributed by atoms with E-state index in [0.29, 0.717) is 48.0 Å². The minimum atomic E-state index is -0.758. The number of carbonyl (C=O) groups is 1. The third-order valence-electron chi connectivity index (χ3n) is 6.68. The van der Waals surface area contributed by atoms with Gasteiger partial charge in [-0.25, -0.2) is 28.5 Å². The van der Waals surface area contributed by atoms with E-state index in [-0.39, 0.29) is 35.3 Å². The highest BCUT2D eigenvalue weighted by Crippen LogP contribution is 2.41. The Morgan fingerprint density at radius 1 is 1.21 bits per heavy atom. The zero-order valence-electron chi connectivity index (χ0n) is 18.4. The summed E-state index contributed by atoms with van der Waals surface area (Å²) in [5.41, 5.74) is 0.657. The first-order valence-corrected chi connectivity index (χ1v) is 12.0. The number of hydrogen-bond acceptors (Lipinski definition) is 8. The van der Waals surface area contributed by atoms with Gasteiger partial charge in [-0.2, -0.15) is 0 Å². The van der Waals surface area contributed by atoms with E-state index < -0.39 is 11.6 Å². The highest BCUT2D eigenvalue weighted by Gasteiger charge is 2.47. The third-order valence-corrected chi connectivity index (χ3v) is 7.64. The maximum Gasteiger partial charge on any atom is 0.410 e. The fourth-order valence-electron chi connectivity index (χ4n) is 4.62. The van der Waals surface area contributed by atoms with Crippen molar-refractivity contribution < 1.29 is 27.8 Å². The van der Waals surface area contributed by atoms with Crippen LogP contribution in [0.3, 0.4) is 0 Å². The van der Waals surface area contributed by atoms with Crippen LogP contribution in [0.5, 0.6) is 5.88 Å². The first-order valence-electron chi connectivity index (χ1n) is 11.2. The van der Waals surface area contributed by atoms with Crippen molar-refractivity contribution in [2.75, 3.05) is 26.3 Å². The molecule has 3 aliphatic rings. The molecule has 6 rings (SSSR count). The number of amides is 1. The average Bonchev–Trinajstić information content (AvgIpc) is 3.35. The van der Waals surface area contributed by atoms with Gasteiger partial charge >= 0.3 is 6.09 Å². The molecule has 2 saturated heterocycles. The van der Waals surface area contributed by atoms with Crippen LogP contribution < -0.4 is 4.74 Å². The van der Waals surface area contributed by atoms with Crippen LogP contribution in [-0.2, 0) is 9.47 Å². The third kappa shape index (κ3) is 3.86. The standard InChI is InChI=1S/C23H22F2N4O4S/c1-23(2-3-23)33-22(30)29-6-12-8-31-9-13(7-29)19(12)32-21-20-18(27-11-28-21)15(10-34-20)17-16(25)4-14(24)5-26-17/h4-5,10-13,19H,2-3,6-9H2,1H3. The number of thiophene rings is 1. The summed E-state index contributed by atoms with van der Waals surface area (Å²) in [5, 5.41) is 1.72. The largest absolute Gasteiger partial charge is 0.472 e. The van der Waals surface area contributed by atoms with Crippen LogP contribution in [-0.4, -0.2) is 64.0 Å². The van der Waals surface area contributed by atoms with Crippen molar-refractivity contribution in [2.45, 2.75) is 31.5 Å². The number of likely N-dealkylation sites (tertiary alicyclic amines) is 1. The van der Waals surface area contributed by atoms with E-state index in [4.69, 9.17) is 14.2 Å². The Bertz CT molecular complexity index is 1250. The van der Waals surface area contributed by atoms with Crippen molar-refractivity contribution in [3.63, 3.8) is 0 Å². The normalized spacial score (nSPS) is 25.3. The highest BCUT2D eigenvalue weighted by molar-refractivity contribution is 7.18. The van der Waals surface area contributed by atoms with E-state index in [9.17, 15) is 13.6 Å². The van der Waals surface area contributed by atoms with Gasteiger partial charge in [0.15, 0.2) is 5.82 Å². The second-order valence-corrected chi connectivity index (χ2v) is 10.2. The fraction of sp³-hybridized carbons (Fsp3) is 0.478. The molecule has 1 amide bonds. The van der Waals surface area contributed by atoms with Crippen molar-refractivity contribution in [1.29, 1.82) is 0 Å². The first kappa shape index (κ1) is 21.6. The molecule has 0 N–H and O–H groups in total. The van der Waals surface area contributed by atoms with Gasteiger partial charge in [-0.3, -0.25) is 0 Å². The second-order valence-electron chi connectivity index (χ2n) is 9.35. The van der Waals surface area contributed by atoms with Gasteiger partial charge in [0.25, 0.3) is 0 Å². The summed E-state index contributed by atoms with van der Waals surface area (Å²) >= 11 is 1.32. The summed E-state index contributed by atoms with van der Waals surface area (Å²) in [6, 6.07) is 0.800. The monoisotopic (exact) mass is 488 g/mol. The van der Waals surface area contributed by atoms with Crippen molar-refractivity contribution in [3.05, 3.63) is 35.6 Å². The Hall–Kier alpha value is -2.92. The number of hydrogen-bond donors (Lipinski definition) is 0. The van der Waals surface area contributed by atoms with Crippen molar-refractivity contribution in [3.8, 4) is 17.1 Å². The number of ether oxygens (including phenoxy) is 3. The predicted octanol–water partition coefficient (Wildman–Crippen LogP) is 4.05. The molecule has 3 aromatic rings. The number of piperidine rings is 1. The molecular weight excluding hydrogens is 466 g/mol. The molecule has 8 nitrogen and oxygen atoms in total. The Kier molecular flexibility index (Phi) is 5.14. The molecule has 0 radical (unpaired) electrons. The van der Waals surface area contributed by atoms with E-state index in [1.807, 2.05) is 6.92 Å². The van der Waals surface area contributed by atoms with Crippen LogP contribution in [0.15, 0.2) is 24.0 Å². The van der Waals surface area contributed by atoms with E-state index in [1.165, 1.54) is 17.7 Å². The Morgan fingerprint density at radius 2 is 1.97 bits per heavy atom. The summed E-state index contributed by atoms with van der Waals surface area (Å²) < 4.78 is 46.1. The molecular formula is C23H22F2N4O4S. The van der Waals surface area contributed by atoms with Gasteiger partial charge in [-0.1, -0.05) is 0 Å².